The molecule has 0 radical (unpaired) electrons. The van der Waals surface area contributed by atoms with Crippen LogP contribution in [-0.2, 0) is 6.42 Å². The average molecular weight is 183 g/mol. The van der Waals surface area contributed by atoms with Crippen LogP contribution in [0.5, 0.6) is 0 Å². The molecule has 0 unspecified atom stereocenters. The fourth-order valence-electron chi connectivity index (χ4n) is 1.21. The fraction of sp³-hybridized carbons (Fsp3) is 0.556. The topological polar surface area (TPSA) is 63.3 Å². The summed E-state index contributed by atoms with van der Waals surface area (Å²) in [6.07, 6.45) is 2.63. The highest BCUT2D eigenvalue weighted by molar-refractivity contribution is 5.89. The van der Waals surface area contributed by atoms with Gasteiger partial charge in [0.05, 0.1) is 5.69 Å². The van der Waals surface area contributed by atoms with Gasteiger partial charge in [-0.3, -0.25) is 0 Å². The number of carboxylic acids is 1. The van der Waals surface area contributed by atoms with Gasteiger partial charge in [-0.2, -0.15) is 0 Å². The van der Waals surface area contributed by atoms with Crippen LogP contribution in [0.3, 0.4) is 0 Å². The van der Waals surface area contributed by atoms with E-state index >= 15 is 0 Å². The predicted molar refractivity (Wildman–Crippen MR) is 46.8 cm³/mol. The molecule has 1 aromatic heterocycles. The maximum Gasteiger partial charge on any atom is 0.341 e. The maximum atomic E-state index is 10.8. The Balaban J connectivity index is 2.87. The first-order valence-corrected chi connectivity index (χ1v) is 4.35. The Hall–Kier alpha value is -1.32. The van der Waals surface area contributed by atoms with Gasteiger partial charge in [-0.25, -0.2) is 4.79 Å². The van der Waals surface area contributed by atoms with Crippen molar-refractivity contribution >= 4 is 5.97 Å². The van der Waals surface area contributed by atoms with Crippen LogP contribution in [0.25, 0.3) is 0 Å². The SMILES string of the molecule is CCCCc1noc(C)c1C(=O)O. The molecule has 1 rings (SSSR count). The third-order valence-electron chi connectivity index (χ3n) is 1.91. The first kappa shape index (κ1) is 9.77. The summed E-state index contributed by atoms with van der Waals surface area (Å²) in [4.78, 5) is 10.8. The lowest BCUT2D eigenvalue weighted by atomic mass is 10.1. The van der Waals surface area contributed by atoms with Crippen LogP contribution in [-0.4, -0.2) is 16.2 Å². The molecule has 0 atom stereocenters. The number of nitrogens with zero attached hydrogens (tertiary/aromatic N) is 1. The summed E-state index contributed by atoms with van der Waals surface area (Å²) in [6, 6.07) is 0. The van der Waals surface area contributed by atoms with Crippen molar-refractivity contribution in [1.82, 2.24) is 5.16 Å². The van der Waals surface area contributed by atoms with Crippen molar-refractivity contribution in [3.8, 4) is 0 Å². The molecule has 0 bridgehead atoms. The standard InChI is InChI=1S/C9H13NO3/c1-3-4-5-7-8(9(11)12)6(2)13-10-7/h3-5H2,1-2H3,(H,11,12). The van der Waals surface area contributed by atoms with Crippen molar-refractivity contribution < 1.29 is 14.4 Å². The molecule has 1 aromatic rings. The summed E-state index contributed by atoms with van der Waals surface area (Å²) in [6.45, 7) is 3.67. The van der Waals surface area contributed by atoms with E-state index in [2.05, 4.69) is 5.16 Å². The van der Waals surface area contributed by atoms with Crippen molar-refractivity contribution in [3.05, 3.63) is 17.0 Å². The third kappa shape index (κ3) is 2.08. The van der Waals surface area contributed by atoms with Crippen LogP contribution in [0.1, 0.15) is 41.6 Å². The number of aromatic carboxylic acids is 1. The highest BCUT2D eigenvalue weighted by atomic mass is 16.5. The fourth-order valence-corrected chi connectivity index (χ4v) is 1.21. The van der Waals surface area contributed by atoms with Crippen LogP contribution < -0.4 is 0 Å². The highest BCUT2D eigenvalue weighted by Gasteiger charge is 2.18. The van der Waals surface area contributed by atoms with E-state index in [1.165, 1.54) is 0 Å². The number of carbonyl (C=O) groups is 1. The Labute approximate surface area is 76.5 Å². The molecule has 13 heavy (non-hydrogen) atoms. The van der Waals surface area contributed by atoms with E-state index < -0.39 is 5.97 Å². The molecule has 0 aliphatic heterocycles. The van der Waals surface area contributed by atoms with Crippen molar-refractivity contribution in [2.45, 2.75) is 33.1 Å². The molecule has 0 spiro atoms. The molecule has 0 fully saturated rings. The molecule has 0 aliphatic rings. The zero-order chi connectivity index (χ0) is 9.84. The van der Waals surface area contributed by atoms with Gasteiger partial charge in [0.2, 0.25) is 0 Å². The Morgan fingerprint density at radius 1 is 1.62 bits per heavy atom. The number of rotatable bonds is 4. The Morgan fingerprint density at radius 2 is 2.31 bits per heavy atom. The van der Waals surface area contributed by atoms with Crippen LogP contribution in [0.4, 0.5) is 0 Å². The summed E-state index contributed by atoms with van der Waals surface area (Å²) in [7, 11) is 0. The van der Waals surface area contributed by atoms with E-state index in [-0.39, 0.29) is 5.56 Å². The number of unbranched alkanes of at least 4 members (excludes halogenated alkanes) is 1. The molecule has 1 N–H and O–H groups in total. The van der Waals surface area contributed by atoms with Crippen molar-refractivity contribution in [2.24, 2.45) is 0 Å². The van der Waals surface area contributed by atoms with Gasteiger partial charge in [0.25, 0.3) is 0 Å². The summed E-state index contributed by atoms with van der Waals surface area (Å²) in [5, 5.41) is 12.6. The Bertz CT molecular complexity index is 304. The van der Waals surface area contributed by atoms with Gasteiger partial charge in [0, 0.05) is 0 Å². The molecular weight excluding hydrogens is 170 g/mol. The van der Waals surface area contributed by atoms with Crippen molar-refractivity contribution in [3.63, 3.8) is 0 Å². The minimum Gasteiger partial charge on any atom is -0.477 e. The molecule has 4 nitrogen and oxygen atoms in total. The number of hydrogen-bond acceptors (Lipinski definition) is 3. The molecule has 0 saturated heterocycles. The minimum atomic E-state index is -0.954. The van der Waals surface area contributed by atoms with E-state index in [9.17, 15) is 4.79 Å². The zero-order valence-corrected chi connectivity index (χ0v) is 7.83. The van der Waals surface area contributed by atoms with Crippen molar-refractivity contribution in [1.29, 1.82) is 0 Å². The van der Waals surface area contributed by atoms with Gasteiger partial charge in [0.1, 0.15) is 11.3 Å². The van der Waals surface area contributed by atoms with Gasteiger partial charge < -0.3 is 9.63 Å². The Morgan fingerprint density at radius 3 is 2.85 bits per heavy atom. The van der Waals surface area contributed by atoms with Gasteiger partial charge in [-0.05, 0) is 19.8 Å². The van der Waals surface area contributed by atoms with Crippen LogP contribution in [0, 0.1) is 6.92 Å². The van der Waals surface area contributed by atoms with E-state index in [1.807, 2.05) is 6.92 Å². The molecule has 0 saturated carbocycles. The second-order valence-electron chi connectivity index (χ2n) is 2.97. The largest absolute Gasteiger partial charge is 0.477 e. The van der Waals surface area contributed by atoms with E-state index in [0.29, 0.717) is 17.9 Å². The smallest absolute Gasteiger partial charge is 0.341 e. The normalized spacial score (nSPS) is 10.3. The number of aromatic nitrogens is 1. The van der Waals surface area contributed by atoms with Gasteiger partial charge in [0.15, 0.2) is 0 Å². The monoisotopic (exact) mass is 183 g/mol. The number of carboxylic acid groups (broad SMARTS) is 1. The molecule has 0 aliphatic carbocycles. The zero-order valence-electron chi connectivity index (χ0n) is 7.83. The average Bonchev–Trinajstić information content (AvgIpc) is 2.43. The van der Waals surface area contributed by atoms with E-state index in [4.69, 9.17) is 9.63 Å². The second kappa shape index (κ2) is 4.07. The van der Waals surface area contributed by atoms with Crippen LogP contribution in [0.2, 0.25) is 0 Å². The maximum absolute atomic E-state index is 10.8. The number of hydrogen-bond donors (Lipinski definition) is 1. The van der Waals surface area contributed by atoms with Crippen LogP contribution >= 0.6 is 0 Å². The van der Waals surface area contributed by atoms with Gasteiger partial charge in [-0.15, -0.1) is 0 Å². The molecule has 72 valence electrons. The summed E-state index contributed by atoms with van der Waals surface area (Å²) < 4.78 is 4.82. The predicted octanol–water partition coefficient (Wildman–Crippen LogP) is 2.02. The summed E-state index contributed by atoms with van der Waals surface area (Å²) >= 11 is 0. The van der Waals surface area contributed by atoms with E-state index in [1.54, 1.807) is 6.92 Å². The minimum absolute atomic E-state index is 0.230. The molecule has 1 heterocycles. The Kier molecular flexibility index (Phi) is 3.06. The highest BCUT2D eigenvalue weighted by Crippen LogP contribution is 2.15. The number of aryl methyl sites for hydroxylation is 2. The first-order valence-electron chi connectivity index (χ1n) is 4.35. The molecule has 0 aromatic carbocycles. The van der Waals surface area contributed by atoms with Crippen molar-refractivity contribution in [2.75, 3.05) is 0 Å². The lowest BCUT2D eigenvalue weighted by Crippen LogP contribution is -2.01. The first-order chi connectivity index (χ1) is 6.16. The van der Waals surface area contributed by atoms with Gasteiger partial charge >= 0.3 is 5.97 Å². The molecular formula is C9H13NO3. The van der Waals surface area contributed by atoms with E-state index in [0.717, 1.165) is 12.8 Å². The lowest BCUT2D eigenvalue weighted by Gasteiger charge is -1.94. The quantitative estimate of drug-likeness (QED) is 0.775. The summed E-state index contributed by atoms with van der Waals surface area (Å²) in [5.74, 6) is -0.566. The summed E-state index contributed by atoms with van der Waals surface area (Å²) in [5.41, 5.74) is 0.792. The molecule has 4 heteroatoms. The second-order valence-corrected chi connectivity index (χ2v) is 2.97. The molecule has 0 amide bonds. The third-order valence-corrected chi connectivity index (χ3v) is 1.91. The van der Waals surface area contributed by atoms with Gasteiger partial charge in [-0.1, -0.05) is 18.5 Å². The van der Waals surface area contributed by atoms with Crippen LogP contribution in [0.15, 0.2) is 4.52 Å². The lowest BCUT2D eigenvalue weighted by molar-refractivity contribution is 0.0694.